The number of carbonyl (C=O) groups is 1. The second-order valence-corrected chi connectivity index (χ2v) is 8.27. The summed E-state index contributed by atoms with van der Waals surface area (Å²) in [4.78, 5) is 14.6. The van der Waals surface area contributed by atoms with Gasteiger partial charge in [-0.05, 0) is 73.1 Å². The van der Waals surface area contributed by atoms with Crippen molar-refractivity contribution >= 4 is 35.0 Å². The Bertz CT molecular complexity index is 1270. The van der Waals surface area contributed by atoms with Crippen molar-refractivity contribution in [3.63, 3.8) is 0 Å². The van der Waals surface area contributed by atoms with E-state index in [-0.39, 0.29) is 5.91 Å². The predicted molar refractivity (Wildman–Crippen MR) is 137 cm³/mol. The Morgan fingerprint density at radius 1 is 0.941 bits per heavy atom. The van der Waals surface area contributed by atoms with Gasteiger partial charge in [-0.2, -0.15) is 0 Å². The molecule has 1 saturated heterocycles. The van der Waals surface area contributed by atoms with E-state index in [1.165, 1.54) is 4.90 Å². The highest BCUT2D eigenvalue weighted by Crippen LogP contribution is 2.32. The largest absolute Gasteiger partial charge is 0.496 e. The molecule has 0 atom stereocenters. The molecule has 0 saturated carbocycles. The first kappa shape index (κ1) is 23.3. The second-order valence-electron chi connectivity index (χ2n) is 7.88. The molecule has 0 aromatic heterocycles. The number of hydrogen-bond donors (Lipinski definition) is 1. The monoisotopic (exact) mass is 474 g/mol. The van der Waals surface area contributed by atoms with E-state index in [2.05, 4.69) is 5.32 Å². The zero-order valence-corrected chi connectivity index (χ0v) is 20.4. The fourth-order valence-electron chi connectivity index (χ4n) is 3.91. The van der Waals surface area contributed by atoms with Crippen molar-refractivity contribution in [3.8, 4) is 17.2 Å². The number of para-hydroxylation sites is 3. The normalized spacial score (nSPS) is 14.4. The van der Waals surface area contributed by atoms with Crippen LogP contribution in [0.4, 0.5) is 5.69 Å². The maximum atomic E-state index is 13.2. The van der Waals surface area contributed by atoms with Gasteiger partial charge < -0.3 is 19.5 Å². The average molecular weight is 475 g/mol. The van der Waals surface area contributed by atoms with E-state index >= 15 is 0 Å². The lowest BCUT2D eigenvalue weighted by Crippen LogP contribution is -2.30. The highest BCUT2D eigenvalue weighted by molar-refractivity contribution is 7.80. The number of benzene rings is 3. The number of carbonyl (C=O) groups excluding carboxylic acids is 1. The number of amides is 1. The van der Waals surface area contributed by atoms with Gasteiger partial charge in [0.1, 0.15) is 29.6 Å². The van der Waals surface area contributed by atoms with Crippen molar-refractivity contribution in [2.24, 2.45) is 0 Å². The van der Waals surface area contributed by atoms with E-state index in [1.54, 1.807) is 32.4 Å². The first-order valence-electron chi connectivity index (χ1n) is 10.8. The summed E-state index contributed by atoms with van der Waals surface area (Å²) in [6.07, 6.45) is 1.77. The first-order chi connectivity index (χ1) is 16.4. The van der Waals surface area contributed by atoms with Crippen LogP contribution in [0.25, 0.3) is 6.08 Å². The number of aryl methyl sites for hydroxylation is 2. The maximum absolute atomic E-state index is 13.2. The van der Waals surface area contributed by atoms with Crippen LogP contribution in [0.5, 0.6) is 17.2 Å². The van der Waals surface area contributed by atoms with Crippen molar-refractivity contribution < 1.29 is 19.0 Å². The van der Waals surface area contributed by atoms with E-state index in [4.69, 9.17) is 26.4 Å². The quantitative estimate of drug-likeness (QED) is 0.377. The smallest absolute Gasteiger partial charge is 0.281 e. The third-order valence-electron chi connectivity index (χ3n) is 5.60. The van der Waals surface area contributed by atoms with E-state index < -0.39 is 0 Å². The molecule has 1 aliphatic rings. The first-order valence-corrected chi connectivity index (χ1v) is 11.2. The Hall–Kier alpha value is -3.84. The molecule has 4 rings (SSSR count). The average Bonchev–Trinajstić information content (AvgIpc) is 3.11. The summed E-state index contributed by atoms with van der Waals surface area (Å²) in [5, 5.41) is 3.32. The summed E-state index contributed by atoms with van der Waals surface area (Å²) in [6.45, 7) is 4.38. The lowest BCUT2D eigenvalue weighted by molar-refractivity contribution is -0.113. The van der Waals surface area contributed by atoms with Crippen LogP contribution >= 0.6 is 12.2 Å². The van der Waals surface area contributed by atoms with Gasteiger partial charge in [0.2, 0.25) is 0 Å². The van der Waals surface area contributed by atoms with Crippen LogP contribution in [0.2, 0.25) is 0 Å². The zero-order valence-electron chi connectivity index (χ0n) is 19.5. The minimum atomic E-state index is -0.251. The molecule has 34 heavy (non-hydrogen) atoms. The molecule has 1 N–H and O–H groups in total. The Kier molecular flexibility index (Phi) is 6.84. The van der Waals surface area contributed by atoms with Crippen molar-refractivity contribution in [3.05, 3.63) is 88.6 Å². The number of ether oxygens (including phenoxy) is 3. The van der Waals surface area contributed by atoms with Crippen LogP contribution in [0, 0.1) is 13.8 Å². The summed E-state index contributed by atoms with van der Waals surface area (Å²) in [5.74, 6) is 1.89. The van der Waals surface area contributed by atoms with E-state index in [0.29, 0.717) is 34.6 Å². The number of hydrogen-bond acceptors (Lipinski definition) is 5. The van der Waals surface area contributed by atoms with Gasteiger partial charge in [-0.1, -0.05) is 36.4 Å². The summed E-state index contributed by atoms with van der Waals surface area (Å²) in [7, 11) is 3.19. The predicted octanol–water partition coefficient (Wildman–Crippen LogP) is 5.16. The van der Waals surface area contributed by atoms with Crippen LogP contribution in [-0.4, -0.2) is 25.2 Å². The molecular weight excluding hydrogens is 448 g/mol. The maximum Gasteiger partial charge on any atom is 0.281 e. The van der Waals surface area contributed by atoms with Crippen molar-refractivity contribution in [2.75, 3.05) is 19.1 Å². The molecule has 0 aliphatic carbocycles. The second kappa shape index (κ2) is 9.97. The molecule has 1 amide bonds. The molecule has 0 spiro atoms. The molecule has 6 nitrogen and oxygen atoms in total. The molecule has 3 aromatic rings. The summed E-state index contributed by atoms with van der Waals surface area (Å²) >= 11 is 5.44. The van der Waals surface area contributed by atoms with Gasteiger partial charge in [0.25, 0.3) is 5.91 Å². The lowest BCUT2D eigenvalue weighted by atomic mass is 10.1. The van der Waals surface area contributed by atoms with Crippen LogP contribution in [-0.2, 0) is 11.4 Å². The fraction of sp³-hybridized carbons (Fsp3) is 0.185. The van der Waals surface area contributed by atoms with Crippen LogP contribution < -0.4 is 24.4 Å². The number of anilines is 1. The van der Waals surface area contributed by atoms with Gasteiger partial charge in [0.05, 0.1) is 19.9 Å². The number of thiocarbonyl (C=S) groups is 1. The van der Waals surface area contributed by atoms with E-state index in [9.17, 15) is 4.79 Å². The van der Waals surface area contributed by atoms with Gasteiger partial charge >= 0.3 is 0 Å². The topological polar surface area (TPSA) is 60.0 Å². The zero-order chi connectivity index (χ0) is 24.2. The molecule has 1 heterocycles. The van der Waals surface area contributed by atoms with E-state index in [1.807, 2.05) is 62.4 Å². The summed E-state index contributed by atoms with van der Waals surface area (Å²) in [5.41, 5.74) is 4.80. The molecule has 0 bridgehead atoms. The summed E-state index contributed by atoms with van der Waals surface area (Å²) < 4.78 is 17.1. The molecule has 1 fully saturated rings. The van der Waals surface area contributed by atoms with Crippen LogP contribution in [0.1, 0.15) is 22.3 Å². The Morgan fingerprint density at radius 2 is 1.65 bits per heavy atom. The van der Waals surface area contributed by atoms with Crippen LogP contribution in [0.15, 0.2) is 66.4 Å². The third-order valence-corrected chi connectivity index (χ3v) is 5.89. The molecule has 3 aromatic carbocycles. The standard InChI is InChI=1S/C27H26N2O4S/c1-17-8-7-9-18(2)25(17)33-16-20-14-19(12-13-23(20)31-3)15-21-26(30)29(27(34)28-21)22-10-5-6-11-24(22)32-4/h5-15H,16H2,1-4H3,(H,28,34)/b21-15+. The molecule has 7 heteroatoms. The Labute approximate surface area is 204 Å². The van der Waals surface area contributed by atoms with E-state index in [0.717, 1.165) is 28.0 Å². The minimum absolute atomic E-state index is 0.251. The third kappa shape index (κ3) is 4.61. The van der Waals surface area contributed by atoms with Gasteiger partial charge in [0, 0.05) is 5.56 Å². The summed E-state index contributed by atoms with van der Waals surface area (Å²) in [6, 6.07) is 19.0. The number of nitrogens with one attached hydrogen (secondary N) is 1. The lowest BCUT2D eigenvalue weighted by Gasteiger charge is -2.17. The van der Waals surface area contributed by atoms with Crippen molar-refractivity contribution in [1.29, 1.82) is 0 Å². The minimum Gasteiger partial charge on any atom is -0.496 e. The number of methoxy groups -OCH3 is 2. The van der Waals surface area contributed by atoms with Gasteiger partial charge in [-0.15, -0.1) is 0 Å². The Morgan fingerprint density at radius 3 is 2.35 bits per heavy atom. The molecule has 0 unspecified atom stereocenters. The molecule has 1 aliphatic heterocycles. The molecular formula is C27H26N2O4S. The van der Waals surface area contributed by atoms with Gasteiger partial charge in [0.15, 0.2) is 5.11 Å². The van der Waals surface area contributed by atoms with Gasteiger partial charge in [-0.3, -0.25) is 4.79 Å². The van der Waals surface area contributed by atoms with Crippen LogP contribution in [0.3, 0.4) is 0 Å². The number of rotatable bonds is 7. The van der Waals surface area contributed by atoms with Crippen molar-refractivity contribution in [1.82, 2.24) is 5.32 Å². The van der Waals surface area contributed by atoms with Gasteiger partial charge in [-0.25, -0.2) is 4.90 Å². The highest BCUT2D eigenvalue weighted by atomic mass is 32.1. The molecule has 174 valence electrons. The van der Waals surface area contributed by atoms with Crippen molar-refractivity contribution in [2.45, 2.75) is 20.5 Å². The highest BCUT2D eigenvalue weighted by Gasteiger charge is 2.33. The fourth-order valence-corrected chi connectivity index (χ4v) is 4.20. The number of nitrogens with zero attached hydrogens (tertiary/aromatic N) is 1. The Balaban J connectivity index is 1.61. The molecule has 0 radical (unpaired) electrons. The SMILES string of the molecule is COc1ccc(/C=C2/NC(=S)N(c3ccccc3OC)C2=O)cc1COc1c(C)cccc1C.